The average Bonchev–Trinajstić information content (AvgIpc) is 2.60. The third-order valence-electron chi connectivity index (χ3n) is 5.01. The molecule has 0 aliphatic carbocycles. The summed E-state index contributed by atoms with van der Waals surface area (Å²) in [7, 11) is 1.93. The summed E-state index contributed by atoms with van der Waals surface area (Å²) in [4.78, 5) is 17.1. The highest BCUT2D eigenvalue weighted by Gasteiger charge is 2.30. The molecule has 1 amide bonds. The van der Waals surface area contributed by atoms with Gasteiger partial charge in [-0.3, -0.25) is 4.79 Å². The van der Waals surface area contributed by atoms with Crippen LogP contribution in [-0.4, -0.2) is 48.4 Å². The van der Waals surface area contributed by atoms with Crippen molar-refractivity contribution in [3.05, 3.63) is 35.9 Å². The third-order valence-corrected chi connectivity index (χ3v) is 5.01. The van der Waals surface area contributed by atoms with Crippen molar-refractivity contribution in [2.75, 3.05) is 26.7 Å². The smallest absolute Gasteiger partial charge is 0.227 e. The number of nitrogens with two attached hydrogens (primary N) is 1. The van der Waals surface area contributed by atoms with E-state index in [2.05, 4.69) is 11.8 Å². The number of hydrogen-bond donors (Lipinski definition) is 1. The van der Waals surface area contributed by atoms with Crippen molar-refractivity contribution in [3.8, 4) is 0 Å². The summed E-state index contributed by atoms with van der Waals surface area (Å²) in [5.41, 5.74) is 7.32. The Balaban J connectivity index is 0.00000264. The molecule has 1 aromatic carbocycles. The highest BCUT2D eigenvalue weighted by atomic mass is 35.5. The molecule has 1 saturated heterocycles. The lowest BCUT2D eigenvalue weighted by Crippen LogP contribution is -2.48. The van der Waals surface area contributed by atoms with Crippen LogP contribution in [0, 0.1) is 5.92 Å². The Hall–Kier alpha value is -0.810. The van der Waals surface area contributed by atoms with Crippen LogP contribution in [0.1, 0.15) is 38.3 Å². The molecule has 0 radical (unpaired) electrons. The van der Waals surface area contributed by atoms with Gasteiger partial charge >= 0.3 is 0 Å². The van der Waals surface area contributed by atoms with E-state index in [1.807, 2.05) is 49.2 Å². The quantitative estimate of drug-likeness (QED) is 0.859. The van der Waals surface area contributed by atoms with Gasteiger partial charge in [0, 0.05) is 32.2 Å². The van der Waals surface area contributed by atoms with Crippen LogP contribution in [0.5, 0.6) is 0 Å². The van der Waals surface area contributed by atoms with Crippen LogP contribution in [0.25, 0.3) is 0 Å². The molecular formula is C18H31Cl2N3O. The molecule has 0 spiro atoms. The number of nitrogens with zero attached hydrogens (tertiary/aromatic N) is 2. The third kappa shape index (κ3) is 5.62. The molecule has 1 aliphatic heterocycles. The molecule has 24 heavy (non-hydrogen) atoms. The van der Waals surface area contributed by atoms with Crippen LogP contribution in [0.3, 0.4) is 0 Å². The van der Waals surface area contributed by atoms with Gasteiger partial charge in [0.1, 0.15) is 0 Å². The zero-order valence-electron chi connectivity index (χ0n) is 14.9. The number of halogens is 2. The van der Waals surface area contributed by atoms with Crippen molar-refractivity contribution in [3.63, 3.8) is 0 Å². The molecule has 2 rings (SSSR count). The fourth-order valence-electron chi connectivity index (χ4n) is 3.24. The first-order chi connectivity index (χ1) is 10.5. The van der Waals surface area contributed by atoms with Crippen molar-refractivity contribution in [1.82, 2.24) is 9.80 Å². The van der Waals surface area contributed by atoms with Gasteiger partial charge in [0.05, 0.1) is 5.92 Å². The van der Waals surface area contributed by atoms with Crippen molar-refractivity contribution < 1.29 is 4.79 Å². The Morgan fingerprint density at radius 3 is 2.29 bits per heavy atom. The van der Waals surface area contributed by atoms with Crippen LogP contribution in [0.4, 0.5) is 0 Å². The van der Waals surface area contributed by atoms with Crippen LogP contribution in [0.15, 0.2) is 30.3 Å². The molecule has 0 saturated carbocycles. The van der Waals surface area contributed by atoms with Gasteiger partial charge in [-0.25, -0.2) is 0 Å². The molecule has 1 aromatic rings. The maximum absolute atomic E-state index is 12.7. The minimum Gasteiger partial charge on any atom is -0.342 e. The van der Waals surface area contributed by atoms with E-state index in [-0.39, 0.29) is 42.7 Å². The zero-order chi connectivity index (χ0) is 16.1. The lowest BCUT2D eigenvalue weighted by atomic mass is 9.93. The SMILES string of the molecule is CCN1CCC(N(C)C(=O)C(C)C(N)c2ccccc2)CC1.Cl.Cl. The summed E-state index contributed by atoms with van der Waals surface area (Å²) in [6.45, 7) is 7.39. The molecule has 6 heteroatoms. The standard InChI is InChI=1S/C18H29N3O.2ClH/c1-4-21-12-10-16(11-13-21)20(3)18(22)14(2)17(19)15-8-6-5-7-9-15;;/h5-9,14,16-17H,4,10-13,19H2,1-3H3;2*1H. The first-order valence-electron chi connectivity index (χ1n) is 8.34. The molecule has 0 aromatic heterocycles. The normalized spacial score (nSPS) is 18.0. The molecule has 4 nitrogen and oxygen atoms in total. The van der Waals surface area contributed by atoms with E-state index in [1.165, 1.54) is 0 Å². The van der Waals surface area contributed by atoms with E-state index in [4.69, 9.17) is 5.73 Å². The fraction of sp³-hybridized carbons (Fsp3) is 0.611. The van der Waals surface area contributed by atoms with E-state index in [0.29, 0.717) is 6.04 Å². The second kappa shape index (κ2) is 10.9. The molecule has 2 unspecified atom stereocenters. The van der Waals surface area contributed by atoms with Crippen molar-refractivity contribution >= 4 is 30.7 Å². The minimum absolute atomic E-state index is 0. The van der Waals surface area contributed by atoms with Gasteiger partial charge in [-0.05, 0) is 24.9 Å². The lowest BCUT2D eigenvalue weighted by molar-refractivity contribution is -0.137. The van der Waals surface area contributed by atoms with Crippen LogP contribution >= 0.6 is 24.8 Å². The number of hydrogen-bond acceptors (Lipinski definition) is 3. The van der Waals surface area contributed by atoms with Gasteiger partial charge in [-0.2, -0.15) is 0 Å². The van der Waals surface area contributed by atoms with Crippen molar-refractivity contribution in [2.24, 2.45) is 11.7 Å². The van der Waals surface area contributed by atoms with Gasteiger partial charge < -0.3 is 15.5 Å². The molecule has 1 heterocycles. The van der Waals surface area contributed by atoms with Crippen LogP contribution < -0.4 is 5.73 Å². The van der Waals surface area contributed by atoms with E-state index < -0.39 is 0 Å². The number of piperidine rings is 1. The van der Waals surface area contributed by atoms with E-state index in [1.54, 1.807) is 0 Å². The topological polar surface area (TPSA) is 49.6 Å². The van der Waals surface area contributed by atoms with Gasteiger partial charge in [0.2, 0.25) is 5.91 Å². The first kappa shape index (κ1) is 23.2. The van der Waals surface area contributed by atoms with E-state index in [9.17, 15) is 4.79 Å². The summed E-state index contributed by atoms with van der Waals surface area (Å²) in [5.74, 6) is -0.0390. The average molecular weight is 376 g/mol. The second-order valence-electron chi connectivity index (χ2n) is 6.34. The van der Waals surface area contributed by atoms with Crippen LogP contribution in [0.2, 0.25) is 0 Å². The summed E-state index contributed by atoms with van der Waals surface area (Å²) in [6.07, 6.45) is 2.12. The van der Waals surface area contributed by atoms with Crippen molar-refractivity contribution in [1.29, 1.82) is 0 Å². The van der Waals surface area contributed by atoms with E-state index >= 15 is 0 Å². The van der Waals surface area contributed by atoms with Crippen LogP contribution in [-0.2, 0) is 4.79 Å². The first-order valence-corrected chi connectivity index (χ1v) is 8.34. The maximum atomic E-state index is 12.7. The molecular weight excluding hydrogens is 345 g/mol. The largest absolute Gasteiger partial charge is 0.342 e. The second-order valence-corrected chi connectivity index (χ2v) is 6.34. The fourth-order valence-corrected chi connectivity index (χ4v) is 3.24. The Kier molecular flexibility index (Phi) is 10.6. The molecule has 1 fully saturated rings. The van der Waals surface area contributed by atoms with E-state index in [0.717, 1.165) is 38.0 Å². The number of carbonyl (C=O) groups excluding carboxylic acids is 1. The van der Waals surface area contributed by atoms with Gasteiger partial charge in [-0.15, -0.1) is 24.8 Å². The predicted octanol–water partition coefficient (Wildman–Crippen LogP) is 3.11. The number of benzene rings is 1. The Labute approximate surface area is 158 Å². The molecule has 0 bridgehead atoms. The monoisotopic (exact) mass is 375 g/mol. The van der Waals surface area contributed by atoms with Gasteiger partial charge in [-0.1, -0.05) is 44.2 Å². The Bertz CT molecular complexity index is 478. The predicted molar refractivity (Wildman–Crippen MR) is 105 cm³/mol. The summed E-state index contributed by atoms with van der Waals surface area (Å²) < 4.78 is 0. The molecule has 138 valence electrons. The highest BCUT2D eigenvalue weighted by Crippen LogP contribution is 2.23. The number of carbonyl (C=O) groups is 1. The number of likely N-dealkylation sites (tertiary alicyclic amines) is 1. The summed E-state index contributed by atoms with van der Waals surface area (Å²) in [5, 5.41) is 0. The van der Waals surface area contributed by atoms with Gasteiger partial charge in [0.25, 0.3) is 0 Å². The Morgan fingerprint density at radius 1 is 1.25 bits per heavy atom. The maximum Gasteiger partial charge on any atom is 0.227 e. The van der Waals surface area contributed by atoms with Gasteiger partial charge in [0.15, 0.2) is 0 Å². The number of amides is 1. The molecule has 1 aliphatic rings. The molecule has 2 N–H and O–H groups in total. The van der Waals surface area contributed by atoms with Crippen molar-refractivity contribution in [2.45, 2.75) is 38.8 Å². The number of rotatable bonds is 5. The lowest BCUT2D eigenvalue weighted by Gasteiger charge is -2.38. The highest BCUT2D eigenvalue weighted by molar-refractivity contribution is 5.85. The summed E-state index contributed by atoms with van der Waals surface area (Å²) >= 11 is 0. The molecule has 2 atom stereocenters. The minimum atomic E-state index is -0.244. The Morgan fingerprint density at radius 2 is 1.79 bits per heavy atom. The zero-order valence-corrected chi connectivity index (χ0v) is 16.5. The summed E-state index contributed by atoms with van der Waals surface area (Å²) in [6, 6.07) is 10.00.